The second-order valence-electron chi connectivity index (χ2n) is 9.19. The van der Waals surface area contributed by atoms with Crippen molar-refractivity contribution in [2.75, 3.05) is 25.4 Å². The SMILES string of the molecule is C[C@H](NC(=O)[C@@H](N)CCCN=C(N)N)C(=O)NCCCCCC(=O)NCCCCCC(=O)N[C@@H](CS)C(=O)O. The predicted octanol–water partition coefficient (Wildman–Crippen LogP) is -1.28. The Hall–Kier alpha value is -3.07. The molecule has 0 heterocycles. The van der Waals surface area contributed by atoms with Crippen molar-refractivity contribution >= 4 is 48.2 Å². The lowest BCUT2D eigenvalue weighted by atomic mass is 10.1. The summed E-state index contributed by atoms with van der Waals surface area (Å²) < 4.78 is 0. The second-order valence-corrected chi connectivity index (χ2v) is 9.55. The molecule has 0 rings (SSSR count). The van der Waals surface area contributed by atoms with Crippen molar-refractivity contribution in [1.82, 2.24) is 21.3 Å². The van der Waals surface area contributed by atoms with Gasteiger partial charge >= 0.3 is 5.97 Å². The van der Waals surface area contributed by atoms with Crippen LogP contribution in [0.1, 0.15) is 71.1 Å². The monoisotopic (exact) mass is 574 g/mol. The van der Waals surface area contributed by atoms with Gasteiger partial charge in [-0.25, -0.2) is 4.79 Å². The fourth-order valence-electron chi connectivity index (χ4n) is 3.34. The van der Waals surface area contributed by atoms with Crippen molar-refractivity contribution in [1.29, 1.82) is 0 Å². The number of nitrogens with one attached hydrogen (secondary N) is 4. The van der Waals surface area contributed by atoms with Gasteiger partial charge in [0.1, 0.15) is 12.1 Å². The molecule has 39 heavy (non-hydrogen) atoms. The molecular formula is C24H46N8O6S. The molecule has 14 nitrogen and oxygen atoms in total. The molecule has 224 valence electrons. The second kappa shape index (κ2) is 21.8. The van der Waals surface area contributed by atoms with E-state index in [0.29, 0.717) is 58.2 Å². The molecule has 0 aromatic rings. The average molecular weight is 575 g/mol. The molecule has 0 radical (unpaired) electrons. The van der Waals surface area contributed by atoms with Crippen LogP contribution in [0, 0.1) is 0 Å². The number of unbranched alkanes of at least 4 members (excludes halogenated alkanes) is 4. The van der Waals surface area contributed by atoms with Crippen LogP contribution in [0.3, 0.4) is 0 Å². The van der Waals surface area contributed by atoms with Crippen LogP contribution < -0.4 is 38.5 Å². The van der Waals surface area contributed by atoms with E-state index in [-0.39, 0.29) is 35.9 Å². The number of rotatable bonds is 22. The highest BCUT2D eigenvalue weighted by atomic mass is 32.1. The van der Waals surface area contributed by atoms with Gasteiger partial charge in [-0.1, -0.05) is 12.8 Å². The van der Waals surface area contributed by atoms with E-state index in [1.165, 1.54) is 0 Å². The number of carbonyl (C=O) groups excluding carboxylic acids is 4. The number of aliphatic imine (C=N–C) groups is 1. The molecule has 0 aromatic carbocycles. The Bertz CT molecular complexity index is 809. The van der Waals surface area contributed by atoms with E-state index >= 15 is 0 Å². The third kappa shape index (κ3) is 19.6. The summed E-state index contributed by atoms with van der Waals surface area (Å²) in [5, 5.41) is 19.5. The predicted molar refractivity (Wildman–Crippen MR) is 152 cm³/mol. The van der Waals surface area contributed by atoms with Gasteiger partial charge in [-0.3, -0.25) is 24.2 Å². The lowest BCUT2D eigenvalue weighted by molar-refractivity contribution is -0.141. The average Bonchev–Trinajstić information content (AvgIpc) is 2.88. The first-order chi connectivity index (χ1) is 18.5. The number of amides is 4. The van der Waals surface area contributed by atoms with Crippen molar-refractivity contribution in [2.45, 2.75) is 89.3 Å². The Balaban J connectivity index is 3.79. The maximum Gasteiger partial charge on any atom is 0.327 e. The molecule has 0 aliphatic carbocycles. The molecule has 0 saturated heterocycles. The van der Waals surface area contributed by atoms with E-state index < -0.39 is 30.0 Å². The molecule has 4 amide bonds. The van der Waals surface area contributed by atoms with E-state index in [1.54, 1.807) is 6.92 Å². The van der Waals surface area contributed by atoms with E-state index in [9.17, 15) is 24.0 Å². The van der Waals surface area contributed by atoms with Crippen LogP contribution in [0.15, 0.2) is 4.99 Å². The highest BCUT2D eigenvalue weighted by Gasteiger charge is 2.20. The van der Waals surface area contributed by atoms with Crippen molar-refractivity contribution in [2.24, 2.45) is 22.2 Å². The maximum absolute atomic E-state index is 12.2. The lowest BCUT2D eigenvalue weighted by Gasteiger charge is -2.17. The van der Waals surface area contributed by atoms with Gasteiger partial charge in [0.2, 0.25) is 23.6 Å². The molecule has 0 aliphatic heterocycles. The molecule has 0 bridgehead atoms. The summed E-state index contributed by atoms with van der Waals surface area (Å²) in [4.78, 5) is 62.6. The van der Waals surface area contributed by atoms with Gasteiger partial charge in [0.05, 0.1) is 6.04 Å². The highest BCUT2D eigenvalue weighted by molar-refractivity contribution is 7.80. The Labute approximate surface area is 235 Å². The van der Waals surface area contributed by atoms with Gasteiger partial charge in [0, 0.05) is 38.2 Å². The number of hydrogen-bond acceptors (Lipinski definition) is 8. The molecule has 0 spiro atoms. The largest absolute Gasteiger partial charge is 0.480 e. The van der Waals surface area contributed by atoms with Gasteiger partial charge in [0.25, 0.3) is 0 Å². The van der Waals surface area contributed by atoms with Crippen LogP contribution in [0.4, 0.5) is 0 Å². The van der Waals surface area contributed by atoms with Crippen LogP contribution in [0.25, 0.3) is 0 Å². The first kappa shape index (κ1) is 35.9. The first-order valence-electron chi connectivity index (χ1n) is 13.3. The number of carboxylic acids is 1. The summed E-state index contributed by atoms with van der Waals surface area (Å²) in [6.07, 6.45) is 5.72. The number of hydrogen-bond donors (Lipinski definition) is 9. The summed E-state index contributed by atoms with van der Waals surface area (Å²) in [5.41, 5.74) is 16.3. The van der Waals surface area contributed by atoms with Gasteiger partial charge in [-0.2, -0.15) is 12.6 Å². The number of nitrogens with two attached hydrogens (primary N) is 3. The van der Waals surface area contributed by atoms with Gasteiger partial charge < -0.3 is 43.6 Å². The Morgan fingerprint density at radius 2 is 1.41 bits per heavy atom. The summed E-state index contributed by atoms with van der Waals surface area (Å²) in [5.74, 6) is -2.22. The standard InChI is InChI=1S/C24H46N8O6S/c1-16(31-22(36)17(25)9-8-14-30-24(26)27)21(35)29-13-7-2-4-10-19(33)28-12-6-3-5-11-20(34)32-18(15-39)23(37)38/h16-18,39H,2-15,25H2,1H3,(H,28,33)(H,29,35)(H,31,36)(H,32,34)(H,37,38)(H4,26,27,30)/t16-,17-,18-/m0/s1. The Kier molecular flexibility index (Phi) is 20.1. The molecule has 0 saturated carbocycles. The normalized spacial score (nSPS) is 12.9. The third-order valence-electron chi connectivity index (χ3n) is 5.65. The summed E-state index contributed by atoms with van der Waals surface area (Å²) in [7, 11) is 0. The number of nitrogens with zero attached hydrogens (tertiary/aromatic N) is 1. The van der Waals surface area contributed by atoms with Crippen LogP contribution in [0.2, 0.25) is 0 Å². The molecule has 0 unspecified atom stereocenters. The lowest BCUT2D eigenvalue weighted by Crippen LogP contribution is -2.50. The maximum atomic E-state index is 12.2. The molecule has 0 fully saturated rings. The fourth-order valence-corrected chi connectivity index (χ4v) is 3.59. The Morgan fingerprint density at radius 1 is 0.821 bits per heavy atom. The van der Waals surface area contributed by atoms with Crippen LogP contribution in [0.5, 0.6) is 0 Å². The summed E-state index contributed by atoms with van der Waals surface area (Å²) in [6, 6.07) is -2.48. The number of carboxylic acid groups (broad SMARTS) is 1. The fraction of sp³-hybridized carbons (Fsp3) is 0.750. The van der Waals surface area contributed by atoms with Crippen LogP contribution in [-0.2, 0) is 24.0 Å². The zero-order valence-corrected chi connectivity index (χ0v) is 23.6. The van der Waals surface area contributed by atoms with Crippen LogP contribution in [-0.4, -0.2) is 84.2 Å². The van der Waals surface area contributed by atoms with Crippen molar-refractivity contribution < 1.29 is 29.1 Å². The topological polar surface area (TPSA) is 244 Å². The number of carbonyl (C=O) groups is 5. The molecule has 3 atom stereocenters. The van der Waals surface area contributed by atoms with Crippen LogP contribution >= 0.6 is 12.6 Å². The van der Waals surface area contributed by atoms with E-state index in [4.69, 9.17) is 22.3 Å². The van der Waals surface area contributed by atoms with E-state index in [0.717, 1.165) is 19.3 Å². The molecule has 15 heteroatoms. The third-order valence-corrected chi connectivity index (χ3v) is 6.02. The Morgan fingerprint density at radius 3 is 1.97 bits per heavy atom. The molecule has 0 aromatic heterocycles. The first-order valence-corrected chi connectivity index (χ1v) is 13.9. The number of thiol groups is 1. The van der Waals surface area contributed by atoms with Gasteiger partial charge in [-0.05, 0) is 45.4 Å². The molecular weight excluding hydrogens is 528 g/mol. The summed E-state index contributed by atoms with van der Waals surface area (Å²) in [6.45, 7) is 2.89. The molecule has 11 N–H and O–H groups in total. The van der Waals surface area contributed by atoms with Gasteiger partial charge in [-0.15, -0.1) is 0 Å². The summed E-state index contributed by atoms with van der Waals surface area (Å²) >= 11 is 3.90. The van der Waals surface area contributed by atoms with Crippen molar-refractivity contribution in [3.63, 3.8) is 0 Å². The minimum absolute atomic E-state index is 0.0188. The number of aliphatic carboxylic acids is 1. The quantitative estimate of drug-likeness (QED) is 0.0323. The van der Waals surface area contributed by atoms with Gasteiger partial charge in [0.15, 0.2) is 5.96 Å². The van der Waals surface area contributed by atoms with Crippen molar-refractivity contribution in [3.05, 3.63) is 0 Å². The highest BCUT2D eigenvalue weighted by Crippen LogP contribution is 2.02. The molecule has 0 aliphatic rings. The number of guanidine groups is 1. The smallest absolute Gasteiger partial charge is 0.327 e. The minimum Gasteiger partial charge on any atom is -0.480 e. The zero-order chi connectivity index (χ0) is 29.6. The zero-order valence-electron chi connectivity index (χ0n) is 22.7. The van der Waals surface area contributed by atoms with E-state index in [1.807, 2.05) is 0 Å². The van der Waals surface area contributed by atoms with Crippen molar-refractivity contribution in [3.8, 4) is 0 Å². The van der Waals surface area contributed by atoms with E-state index in [2.05, 4.69) is 38.9 Å². The minimum atomic E-state index is -1.11.